The minimum Gasteiger partial charge on any atom is -0.469 e. The van der Waals surface area contributed by atoms with Crippen LogP contribution in [0.3, 0.4) is 0 Å². The van der Waals surface area contributed by atoms with E-state index in [9.17, 15) is 4.79 Å². The molecule has 0 radical (unpaired) electrons. The van der Waals surface area contributed by atoms with Crippen LogP contribution in [0.5, 0.6) is 0 Å². The van der Waals surface area contributed by atoms with Crippen molar-refractivity contribution in [2.24, 2.45) is 0 Å². The normalized spacial score (nSPS) is 12.5. The molecule has 0 heterocycles. The van der Waals surface area contributed by atoms with Gasteiger partial charge >= 0.3 is 5.97 Å². The highest BCUT2D eigenvalue weighted by Gasteiger charge is 2.04. The molecule has 84 valence electrons. The fourth-order valence-electron chi connectivity index (χ4n) is 1.44. The van der Waals surface area contributed by atoms with Crippen LogP contribution in [0.15, 0.2) is 0 Å². The van der Waals surface area contributed by atoms with Crippen LogP contribution in [0.2, 0.25) is 0 Å². The molecule has 0 amide bonds. The molecule has 0 aliphatic carbocycles. The summed E-state index contributed by atoms with van der Waals surface area (Å²) < 4.78 is 4.56. The summed E-state index contributed by atoms with van der Waals surface area (Å²) in [5, 5.41) is 3.44. The van der Waals surface area contributed by atoms with Crippen LogP contribution in [-0.4, -0.2) is 25.7 Å². The Morgan fingerprint density at radius 1 is 1.43 bits per heavy atom. The smallest absolute Gasteiger partial charge is 0.305 e. The van der Waals surface area contributed by atoms with Gasteiger partial charge in [-0.3, -0.25) is 4.79 Å². The van der Waals surface area contributed by atoms with Crippen molar-refractivity contribution in [3.8, 4) is 0 Å². The second-order valence-corrected chi connectivity index (χ2v) is 3.53. The fraction of sp³-hybridized carbons (Fsp3) is 0.909. The molecule has 0 fully saturated rings. The number of carbonyl (C=O) groups is 1. The number of methoxy groups -OCH3 is 1. The van der Waals surface area contributed by atoms with Gasteiger partial charge in [0.05, 0.1) is 7.11 Å². The van der Waals surface area contributed by atoms with E-state index in [4.69, 9.17) is 0 Å². The maximum absolute atomic E-state index is 10.8. The monoisotopic (exact) mass is 201 g/mol. The molecule has 0 aliphatic rings. The summed E-state index contributed by atoms with van der Waals surface area (Å²) in [6.07, 6.45) is 4.97. The average Bonchev–Trinajstić information content (AvgIpc) is 2.22. The van der Waals surface area contributed by atoms with Crippen molar-refractivity contribution < 1.29 is 9.53 Å². The molecule has 3 nitrogen and oxygen atoms in total. The average molecular weight is 201 g/mol. The first-order valence-electron chi connectivity index (χ1n) is 5.54. The Hall–Kier alpha value is -0.570. The summed E-state index contributed by atoms with van der Waals surface area (Å²) >= 11 is 0. The summed E-state index contributed by atoms with van der Waals surface area (Å²) in [4.78, 5) is 10.8. The van der Waals surface area contributed by atoms with Gasteiger partial charge in [0.1, 0.15) is 0 Å². The first-order chi connectivity index (χ1) is 6.74. The Kier molecular flexibility index (Phi) is 8.64. The Morgan fingerprint density at radius 3 is 2.64 bits per heavy atom. The molecule has 0 rings (SSSR count). The van der Waals surface area contributed by atoms with Gasteiger partial charge in [-0.15, -0.1) is 0 Å². The summed E-state index contributed by atoms with van der Waals surface area (Å²) in [6, 6.07) is 0.609. The van der Waals surface area contributed by atoms with Crippen molar-refractivity contribution >= 4 is 5.97 Å². The second-order valence-electron chi connectivity index (χ2n) is 3.53. The molecular formula is C11H23NO2. The Bertz CT molecular complexity index is 148. The highest BCUT2D eigenvalue weighted by Crippen LogP contribution is 2.01. The number of carbonyl (C=O) groups excluding carboxylic acids is 1. The van der Waals surface area contributed by atoms with Crippen molar-refractivity contribution in [1.29, 1.82) is 0 Å². The van der Waals surface area contributed by atoms with Crippen LogP contribution < -0.4 is 5.32 Å². The van der Waals surface area contributed by atoms with Gasteiger partial charge in [0.15, 0.2) is 0 Å². The van der Waals surface area contributed by atoms with E-state index >= 15 is 0 Å². The molecular weight excluding hydrogens is 178 g/mol. The van der Waals surface area contributed by atoms with Crippen LogP contribution in [0.25, 0.3) is 0 Å². The van der Waals surface area contributed by atoms with E-state index in [2.05, 4.69) is 23.9 Å². The van der Waals surface area contributed by atoms with Crippen molar-refractivity contribution in [3.63, 3.8) is 0 Å². The molecule has 0 saturated carbocycles. The molecule has 1 atom stereocenters. The van der Waals surface area contributed by atoms with Gasteiger partial charge in [-0.25, -0.2) is 0 Å². The lowest BCUT2D eigenvalue weighted by molar-refractivity contribution is -0.140. The lowest BCUT2D eigenvalue weighted by Crippen LogP contribution is -2.29. The molecule has 0 aromatic rings. The number of rotatable bonds is 8. The van der Waals surface area contributed by atoms with E-state index in [0.29, 0.717) is 12.5 Å². The standard InChI is InChI=1S/C11H23NO2/c1-4-7-10(5-2)12-9-6-8-11(13)14-3/h10,12H,4-9H2,1-3H3. The maximum Gasteiger partial charge on any atom is 0.305 e. The molecule has 14 heavy (non-hydrogen) atoms. The third-order valence-electron chi connectivity index (χ3n) is 2.35. The van der Waals surface area contributed by atoms with E-state index in [0.717, 1.165) is 19.4 Å². The van der Waals surface area contributed by atoms with Crippen molar-refractivity contribution in [2.45, 2.75) is 52.0 Å². The zero-order valence-electron chi connectivity index (χ0n) is 9.64. The van der Waals surface area contributed by atoms with E-state index in [1.807, 2.05) is 0 Å². The van der Waals surface area contributed by atoms with E-state index in [1.54, 1.807) is 0 Å². The third kappa shape index (κ3) is 6.89. The first kappa shape index (κ1) is 13.4. The third-order valence-corrected chi connectivity index (χ3v) is 2.35. The van der Waals surface area contributed by atoms with Gasteiger partial charge < -0.3 is 10.1 Å². The second kappa shape index (κ2) is 9.00. The number of hydrogen-bond donors (Lipinski definition) is 1. The molecule has 0 bridgehead atoms. The zero-order valence-corrected chi connectivity index (χ0v) is 9.64. The SMILES string of the molecule is CCCC(CC)NCCCC(=O)OC. The molecule has 3 heteroatoms. The van der Waals surface area contributed by atoms with Crippen LogP contribution in [0.4, 0.5) is 0 Å². The summed E-state index contributed by atoms with van der Waals surface area (Å²) in [7, 11) is 1.43. The Labute approximate surface area is 87.2 Å². The maximum atomic E-state index is 10.8. The van der Waals surface area contributed by atoms with E-state index < -0.39 is 0 Å². The molecule has 0 spiro atoms. The van der Waals surface area contributed by atoms with E-state index in [-0.39, 0.29) is 5.97 Å². The predicted molar refractivity (Wildman–Crippen MR) is 58.2 cm³/mol. The van der Waals surface area contributed by atoms with Gasteiger partial charge in [0.2, 0.25) is 0 Å². The van der Waals surface area contributed by atoms with Crippen LogP contribution in [-0.2, 0) is 9.53 Å². The van der Waals surface area contributed by atoms with Crippen molar-refractivity contribution in [2.75, 3.05) is 13.7 Å². The summed E-state index contributed by atoms with van der Waals surface area (Å²) in [5.74, 6) is -0.115. The largest absolute Gasteiger partial charge is 0.469 e. The van der Waals surface area contributed by atoms with Crippen LogP contribution >= 0.6 is 0 Å². The van der Waals surface area contributed by atoms with Gasteiger partial charge in [-0.05, 0) is 25.8 Å². The minimum absolute atomic E-state index is 0.115. The first-order valence-corrected chi connectivity index (χ1v) is 5.54. The lowest BCUT2D eigenvalue weighted by Gasteiger charge is -2.15. The lowest BCUT2D eigenvalue weighted by atomic mass is 10.1. The molecule has 1 N–H and O–H groups in total. The van der Waals surface area contributed by atoms with Gasteiger partial charge in [-0.2, -0.15) is 0 Å². The summed E-state index contributed by atoms with van der Waals surface area (Å²) in [6.45, 7) is 5.29. The van der Waals surface area contributed by atoms with Crippen molar-refractivity contribution in [1.82, 2.24) is 5.32 Å². The number of esters is 1. The number of nitrogens with one attached hydrogen (secondary N) is 1. The minimum atomic E-state index is -0.115. The number of hydrogen-bond acceptors (Lipinski definition) is 3. The van der Waals surface area contributed by atoms with Gasteiger partial charge in [0, 0.05) is 12.5 Å². The molecule has 0 saturated heterocycles. The van der Waals surface area contributed by atoms with Gasteiger partial charge in [-0.1, -0.05) is 20.3 Å². The van der Waals surface area contributed by atoms with Crippen LogP contribution in [0, 0.1) is 0 Å². The van der Waals surface area contributed by atoms with Gasteiger partial charge in [0.25, 0.3) is 0 Å². The highest BCUT2D eigenvalue weighted by atomic mass is 16.5. The number of ether oxygens (including phenoxy) is 1. The summed E-state index contributed by atoms with van der Waals surface area (Å²) in [5.41, 5.74) is 0. The quantitative estimate of drug-likeness (QED) is 0.483. The highest BCUT2D eigenvalue weighted by molar-refractivity contribution is 5.69. The fourth-order valence-corrected chi connectivity index (χ4v) is 1.44. The topological polar surface area (TPSA) is 38.3 Å². The van der Waals surface area contributed by atoms with E-state index in [1.165, 1.54) is 20.0 Å². The van der Waals surface area contributed by atoms with Crippen molar-refractivity contribution in [3.05, 3.63) is 0 Å². The van der Waals surface area contributed by atoms with Crippen LogP contribution in [0.1, 0.15) is 46.0 Å². The molecule has 0 aromatic heterocycles. The molecule has 1 unspecified atom stereocenters. The predicted octanol–water partition coefficient (Wildman–Crippen LogP) is 2.11. The molecule has 0 aromatic carbocycles. The molecule has 0 aliphatic heterocycles. The zero-order chi connectivity index (χ0) is 10.8. The Morgan fingerprint density at radius 2 is 2.14 bits per heavy atom. The Balaban J connectivity index is 3.37.